The van der Waals surface area contributed by atoms with Gasteiger partial charge in [0, 0.05) is 24.9 Å². The van der Waals surface area contributed by atoms with Gasteiger partial charge in [-0.1, -0.05) is 6.42 Å². The molecule has 1 N–H and O–H groups in total. The summed E-state index contributed by atoms with van der Waals surface area (Å²) in [5.41, 5.74) is 0. The fraction of sp³-hybridized carbons (Fsp3) is 0.929. The molecule has 2 fully saturated rings. The summed E-state index contributed by atoms with van der Waals surface area (Å²) in [7, 11) is -2.82. The van der Waals surface area contributed by atoms with Crippen molar-refractivity contribution in [2.45, 2.75) is 37.4 Å². The van der Waals surface area contributed by atoms with Gasteiger partial charge in [-0.25, -0.2) is 13.2 Å². The molecule has 0 saturated carbocycles. The number of likely N-dealkylation sites (tertiary alicyclic amines) is 1. The molecule has 0 radical (unpaired) electrons. The lowest BCUT2D eigenvalue weighted by molar-refractivity contribution is 0.198. The normalized spacial score (nSPS) is 27.1. The van der Waals surface area contributed by atoms with Crippen LogP contribution in [0.25, 0.3) is 0 Å². The molecule has 0 unspecified atom stereocenters. The lowest BCUT2D eigenvalue weighted by atomic mass is 10.0. The molecule has 21 heavy (non-hydrogen) atoms. The molecular weight excluding hydrogens is 308 g/mol. The molecule has 1 atom stereocenters. The summed E-state index contributed by atoms with van der Waals surface area (Å²) in [5.74, 6) is 0.846. The molecule has 2 saturated heterocycles. The fourth-order valence-corrected chi connectivity index (χ4v) is 5.29. The first-order valence-corrected chi connectivity index (χ1v) is 10.9. The summed E-state index contributed by atoms with van der Waals surface area (Å²) < 4.78 is 22.8. The molecular formula is C14H26N2O3S2. The van der Waals surface area contributed by atoms with E-state index in [4.69, 9.17) is 0 Å². The summed E-state index contributed by atoms with van der Waals surface area (Å²) in [6.45, 7) is 2.27. The van der Waals surface area contributed by atoms with Crippen LogP contribution in [0.1, 0.15) is 32.1 Å². The number of hydrogen-bond donors (Lipinski definition) is 1. The van der Waals surface area contributed by atoms with Crippen LogP contribution in [-0.2, 0) is 9.84 Å². The van der Waals surface area contributed by atoms with Gasteiger partial charge in [-0.2, -0.15) is 11.8 Å². The number of nitrogens with one attached hydrogen (secondary N) is 1. The number of carbonyl (C=O) groups is 1. The van der Waals surface area contributed by atoms with Crippen molar-refractivity contribution in [3.05, 3.63) is 0 Å². The van der Waals surface area contributed by atoms with Crippen molar-refractivity contribution >= 4 is 27.6 Å². The number of hydrogen-bond acceptors (Lipinski definition) is 4. The first-order chi connectivity index (χ1) is 10.00. The topological polar surface area (TPSA) is 66.5 Å². The number of thioether (sulfide) groups is 1. The van der Waals surface area contributed by atoms with E-state index in [1.165, 1.54) is 12.8 Å². The summed E-state index contributed by atoms with van der Waals surface area (Å²) >= 11 is 1.84. The first-order valence-electron chi connectivity index (χ1n) is 7.76. The van der Waals surface area contributed by atoms with Crippen LogP contribution in [0, 0.1) is 5.92 Å². The van der Waals surface area contributed by atoms with Gasteiger partial charge < -0.3 is 10.2 Å². The Balaban J connectivity index is 1.76. The summed E-state index contributed by atoms with van der Waals surface area (Å²) in [6.07, 6.45) is 6.91. The zero-order valence-electron chi connectivity index (χ0n) is 12.7. The Labute approximate surface area is 132 Å². The highest BCUT2D eigenvalue weighted by Crippen LogP contribution is 2.21. The smallest absolute Gasteiger partial charge is 0.317 e. The van der Waals surface area contributed by atoms with Crippen molar-refractivity contribution in [1.29, 1.82) is 0 Å². The molecule has 0 aromatic carbocycles. The van der Waals surface area contributed by atoms with Crippen molar-refractivity contribution in [2.24, 2.45) is 5.92 Å². The molecule has 2 heterocycles. The number of sulfone groups is 1. The monoisotopic (exact) mass is 334 g/mol. The van der Waals surface area contributed by atoms with Gasteiger partial charge in [0.2, 0.25) is 0 Å². The molecule has 2 amide bonds. The van der Waals surface area contributed by atoms with Crippen molar-refractivity contribution in [3.63, 3.8) is 0 Å². The van der Waals surface area contributed by atoms with Gasteiger partial charge in [0.15, 0.2) is 0 Å². The number of amides is 2. The Bertz CT molecular complexity index is 439. The van der Waals surface area contributed by atoms with E-state index in [1.807, 2.05) is 16.7 Å². The fourth-order valence-electron chi connectivity index (χ4n) is 2.97. The van der Waals surface area contributed by atoms with Crippen molar-refractivity contribution in [3.8, 4) is 0 Å². The van der Waals surface area contributed by atoms with Crippen LogP contribution in [0.4, 0.5) is 4.79 Å². The maximum Gasteiger partial charge on any atom is 0.317 e. The van der Waals surface area contributed by atoms with E-state index >= 15 is 0 Å². The van der Waals surface area contributed by atoms with Gasteiger partial charge in [-0.3, -0.25) is 0 Å². The zero-order chi connectivity index (χ0) is 15.3. The van der Waals surface area contributed by atoms with E-state index in [9.17, 15) is 13.2 Å². The van der Waals surface area contributed by atoms with E-state index in [0.717, 1.165) is 19.5 Å². The molecule has 2 rings (SSSR count). The van der Waals surface area contributed by atoms with Crippen LogP contribution in [0.15, 0.2) is 0 Å². The zero-order valence-corrected chi connectivity index (χ0v) is 14.3. The summed E-state index contributed by atoms with van der Waals surface area (Å²) in [4.78, 5) is 14.2. The number of urea groups is 1. The molecule has 122 valence electrons. The maximum absolute atomic E-state index is 12.3. The number of nitrogens with zero attached hydrogens (tertiary/aromatic N) is 1. The number of rotatable bonds is 3. The third-order valence-corrected chi connectivity index (χ3v) is 7.23. The van der Waals surface area contributed by atoms with Crippen LogP contribution in [-0.4, -0.2) is 62.0 Å². The van der Waals surface area contributed by atoms with E-state index in [1.54, 1.807) is 0 Å². The molecule has 0 spiro atoms. The van der Waals surface area contributed by atoms with Crippen molar-refractivity contribution in [2.75, 3.05) is 37.4 Å². The maximum atomic E-state index is 12.3. The second-order valence-electron chi connectivity index (χ2n) is 6.08. The molecule has 5 nitrogen and oxygen atoms in total. The van der Waals surface area contributed by atoms with Gasteiger partial charge in [-0.15, -0.1) is 0 Å². The Morgan fingerprint density at radius 2 is 1.95 bits per heavy atom. The second-order valence-corrected chi connectivity index (χ2v) is 9.52. The highest BCUT2D eigenvalue weighted by Gasteiger charge is 2.25. The van der Waals surface area contributed by atoms with Crippen molar-refractivity contribution in [1.82, 2.24) is 10.2 Å². The highest BCUT2D eigenvalue weighted by molar-refractivity contribution is 7.99. The third-order valence-electron chi connectivity index (χ3n) is 4.46. The highest BCUT2D eigenvalue weighted by atomic mass is 32.2. The van der Waals surface area contributed by atoms with Gasteiger partial charge in [0.1, 0.15) is 9.84 Å². The standard InChI is InChI=1S/C14H26N2O3S2/c1-20-13-4-2-3-7-16(11-13)14(17)15-10-12-5-8-21(18,19)9-6-12/h12-13H,2-11H2,1H3,(H,15,17)/t13-/m1/s1. The molecule has 0 bridgehead atoms. The third kappa shape index (κ3) is 5.36. The molecule has 0 aliphatic carbocycles. The predicted octanol–water partition coefficient (Wildman–Crippen LogP) is 1.74. The van der Waals surface area contributed by atoms with Crippen LogP contribution in [0.3, 0.4) is 0 Å². The summed E-state index contributed by atoms with van der Waals surface area (Å²) in [6, 6.07) is 0.0179. The molecule has 2 aliphatic rings. The first kappa shape index (κ1) is 16.9. The Kier molecular flexibility index (Phi) is 6.22. The van der Waals surface area contributed by atoms with Crippen LogP contribution < -0.4 is 5.32 Å². The van der Waals surface area contributed by atoms with Gasteiger partial charge in [0.25, 0.3) is 0 Å². The Morgan fingerprint density at radius 3 is 2.62 bits per heavy atom. The van der Waals surface area contributed by atoms with Gasteiger partial charge in [-0.05, 0) is 37.9 Å². The van der Waals surface area contributed by atoms with E-state index in [-0.39, 0.29) is 17.5 Å². The van der Waals surface area contributed by atoms with Crippen LogP contribution in [0.2, 0.25) is 0 Å². The van der Waals surface area contributed by atoms with Gasteiger partial charge >= 0.3 is 6.03 Å². The lowest BCUT2D eigenvalue weighted by Crippen LogP contribution is -2.44. The second kappa shape index (κ2) is 7.72. The predicted molar refractivity (Wildman–Crippen MR) is 87.5 cm³/mol. The van der Waals surface area contributed by atoms with Crippen LogP contribution >= 0.6 is 11.8 Å². The minimum atomic E-state index is -2.82. The quantitative estimate of drug-likeness (QED) is 0.854. The average molecular weight is 335 g/mol. The largest absolute Gasteiger partial charge is 0.338 e. The lowest BCUT2D eigenvalue weighted by Gasteiger charge is -2.26. The van der Waals surface area contributed by atoms with E-state index < -0.39 is 9.84 Å². The molecule has 2 aliphatic heterocycles. The van der Waals surface area contributed by atoms with Gasteiger partial charge in [0.05, 0.1) is 11.5 Å². The van der Waals surface area contributed by atoms with E-state index in [0.29, 0.717) is 30.6 Å². The van der Waals surface area contributed by atoms with Crippen molar-refractivity contribution < 1.29 is 13.2 Å². The van der Waals surface area contributed by atoms with E-state index in [2.05, 4.69) is 11.6 Å². The molecule has 0 aromatic heterocycles. The minimum Gasteiger partial charge on any atom is -0.338 e. The number of carbonyl (C=O) groups excluding carboxylic acids is 1. The molecule has 7 heteroatoms. The SMILES string of the molecule is CS[C@@H]1CCCCN(C(=O)NCC2CCS(=O)(=O)CC2)C1. The minimum absolute atomic E-state index is 0.0179. The average Bonchev–Trinajstić information content (AvgIpc) is 2.71. The Morgan fingerprint density at radius 1 is 1.24 bits per heavy atom. The Hall–Kier alpha value is -0.430. The summed E-state index contributed by atoms with van der Waals surface area (Å²) in [5, 5.41) is 3.54. The molecule has 0 aromatic rings. The van der Waals surface area contributed by atoms with Crippen LogP contribution in [0.5, 0.6) is 0 Å².